The molecule has 2 saturated heterocycles. The Morgan fingerprint density at radius 2 is 2.22 bits per heavy atom. The van der Waals surface area contributed by atoms with E-state index in [1.54, 1.807) is 0 Å². The summed E-state index contributed by atoms with van der Waals surface area (Å²) in [6.07, 6.45) is 5.99. The van der Waals surface area contributed by atoms with Crippen LogP contribution in [0.25, 0.3) is 0 Å². The Kier molecular flexibility index (Phi) is 3.35. The van der Waals surface area contributed by atoms with Crippen LogP contribution in [0.3, 0.4) is 0 Å². The average molecular weight is 245 g/mol. The second-order valence-electron chi connectivity index (χ2n) is 5.65. The largest absolute Gasteiger partial charge is 0.314 e. The van der Waals surface area contributed by atoms with Gasteiger partial charge in [-0.25, -0.2) is 0 Å². The van der Waals surface area contributed by atoms with Crippen LogP contribution in [0.2, 0.25) is 0 Å². The van der Waals surface area contributed by atoms with Gasteiger partial charge in [0, 0.05) is 43.6 Å². The molecule has 0 bridgehead atoms. The highest BCUT2D eigenvalue weighted by atomic mass is 15.2. The quantitative estimate of drug-likeness (QED) is 0.822. The summed E-state index contributed by atoms with van der Waals surface area (Å²) in [5, 5.41) is 3.53. The van der Waals surface area contributed by atoms with Gasteiger partial charge in [-0.15, -0.1) is 0 Å². The zero-order valence-corrected chi connectivity index (χ0v) is 11.4. The molecule has 0 spiro atoms. The maximum atomic E-state index is 4.41. The van der Waals surface area contributed by atoms with E-state index in [1.807, 2.05) is 6.20 Å². The number of nitrogens with zero attached hydrogens (tertiary/aromatic N) is 2. The Morgan fingerprint density at radius 1 is 1.33 bits per heavy atom. The standard InChI is InChI=1S/C15H23N3/c1-11-12(2)17-7-6-14(11)15-5-3-4-13-10-16-8-9-18(13)15/h6-7,13,15-16H,3-5,8-10H2,1-2H3/t13-,15+/m0/s1. The fourth-order valence-electron chi connectivity index (χ4n) is 3.52. The number of nitrogens with one attached hydrogen (secondary N) is 1. The van der Waals surface area contributed by atoms with Crippen LogP contribution < -0.4 is 5.32 Å². The number of aryl methyl sites for hydroxylation is 1. The van der Waals surface area contributed by atoms with E-state index in [1.165, 1.54) is 49.2 Å². The summed E-state index contributed by atoms with van der Waals surface area (Å²) in [5.41, 5.74) is 4.08. The minimum atomic E-state index is 0.618. The minimum Gasteiger partial charge on any atom is -0.314 e. The molecule has 0 aliphatic carbocycles. The normalized spacial score (nSPS) is 29.0. The first-order valence-electron chi connectivity index (χ1n) is 7.16. The Labute approximate surface area is 110 Å². The smallest absolute Gasteiger partial charge is 0.0405 e. The molecule has 0 aromatic carbocycles. The molecule has 1 aromatic rings. The molecule has 1 N–H and O–H groups in total. The van der Waals surface area contributed by atoms with E-state index in [0.29, 0.717) is 6.04 Å². The third kappa shape index (κ3) is 2.06. The lowest BCUT2D eigenvalue weighted by atomic mass is 9.88. The lowest BCUT2D eigenvalue weighted by Crippen LogP contribution is -2.54. The van der Waals surface area contributed by atoms with E-state index >= 15 is 0 Å². The van der Waals surface area contributed by atoms with E-state index in [4.69, 9.17) is 0 Å². The number of piperazine rings is 1. The van der Waals surface area contributed by atoms with Gasteiger partial charge in [0.15, 0.2) is 0 Å². The van der Waals surface area contributed by atoms with Crippen LogP contribution in [0.5, 0.6) is 0 Å². The number of rotatable bonds is 1. The lowest BCUT2D eigenvalue weighted by molar-refractivity contribution is 0.0615. The lowest BCUT2D eigenvalue weighted by Gasteiger charge is -2.45. The Morgan fingerprint density at radius 3 is 3.11 bits per heavy atom. The molecule has 2 atom stereocenters. The molecule has 0 saturated carbocycles. The van der Waals surface area contributed by atoms with Gasteiger partial charge in [0.05, 0.1) is 0 Å². The molecular weight excluding hydrogens is 222 g/mol. The van der Waals surface area contributed by atoms with E-state index in [-0.39, 0.29) is 0 Å². The van der Waals surface area contributed by atoms with Gasteiger partial charge in [-0.3, -0.25) is 9.88 Å². The van der Waals surface area contributed by atoms with Crippen molar-refractivity contribution < 1.29 is 0 Å². The number of pyridine rings is 1. The number of hydrogen-bond donors (Lipinski definition) is 1. The zero-order valence-electron chi connectivity index (χ0n) is 11.4. The molecule has 2 aliphatic rings. The van der Waals surface area contributed by atoms with E-state index in [2.05, 4.69) is 35.1 Å². The van der Waals surface area contributed by atoms with E-state index in [0.717, 1.165) is 12.6 Å². The summed E-state index contributed by atoms with van der Waals surface area (Å²) in [6.45, 7) is 7.84. The zero-order chi connectivity index (χ0) is 12.5. The molecule has 0 unspecified atom stereocenters. The van der Waals surface area contributed by atoms with Gasteiger partial charge in [-0.1, -0.05) is 0 Å². The Balaban J connectivity index is 1.92. The van der Waals surface area contributed by atoms with Gasteiger partial charge in [0.2, 0.25) is 0 Å². The van der Waals surface area contributed by atoms with Crippen LogP contribution >= 0.6 is 0 Å². The molecule has 18 heavy (non-hydrogen) atoms. The average Bonchev–Trinajstić information content (AvgIpc) is 2.41. The highest BCUT2D eigenvalue weighted by Crippen LogP contribution is 2.36. The van der Waals surface area contributed by atoms with Gasteiger partial charge >= 0.3 is 0 Å². The molecule has 3 rings (SSSR count). The van der Waals surface area contributed by atoms with Crippen molar-refractivity contribution in [1.29, 1.82) is 0 Å². The minimum absolute atomic E-state index is 0.618. The number of aromatic nitrogens is 1. The van der Waals surface area contributed by atoms with Crippen molar-refractivity contribution in [3.8, 4) is 0 Å². The van der Waals surface area contributed by atoms with Crippen molar-refractivity contribution >= 4 is 0 Å². The van der Waals surface area contributed by atoms with E-state index < -0.39 is 0 Å². The van der Waals surface area contributed by atoms with Crippen LogP contribution in [-0.2, 0) is 0 Å². The Hall–Kier alpha value is -0.930. The van der Waals surface area contributed by atoms with Crippen LogP contribution in [0.1, 0.15) is 42.1 Å². The topological polar surface area (TPSA) is 28.2 Å². The molecule has 0 radical (unpaired) electrons. The maximum absolute atomic E-state index is 4.41. The third-order valence-electron chi connectivity index (χ3n) is 4.67. The first kappa shape index (κ1) is 12.1. The molecule has 0 amide bonds. The summed E-state index contributed by atoms with van der Waals surface area (Å²) in [6, 6.07) is 3.59. The molecule has 1 aromatic heterocycles. The number of hydrogen-bond acceptors (Lipinski definition) is 3. The maximum Gasteiger partial charge on any atom is 0.0405 e. The highest BCUT2D eigenvalue weighted by Gasteiger charge is 2.33. The summed E-state index contributed by atoms with van der Waals surface area (Å²) >= 11 is 0. The summed E-state index contributed by atoms with van der Waals surface area (Å²) in [4.78, 5) is 7.13. The van der Waals surface area contributed by atoms with Crippen LogP contribution in [-0.4, -0.2) is 35.6 Å². The second kappa shape index (κ2) is 4.98. The van der Waals surface area contributed by atoms with Crippen molar-refractivity contribution in [2.24, 2.45) is 0 Å². The first-order valence-corrected chi connectivity index (χ1v) is 7.16. The molecular formula is C15H23N3. The molecule has 98 valence electrons. The van der Waals surface area contributed by atoms with Crippen molar-refractivity contribution in [2.75, 3.05) is 19.6 Å². The Bertz CT molecular complexity index is 428. The van der Waals surface area contributed by atoms with Crippen LogP contribution in [0.4, 0.5) is 0 Å². The molecule has 3 heterocycles. The van der Waals surface area contributed by atoms with Crippen LogP contribution in [0.15, 0.2) is 12.3 Å². The highest BCUT2D eigenvalue weighted by molar-refractivity contribution is 5.31. The second-order valence-corrected chi connectivity index (χ2v) is 5.65. The monoisotopic (exact) mass is 245 g/mol. The fraction of sp³-hybridized carbons (Fsp3) is 0.667. The molecule has 2 fully saturated rings. The van der Waals surface area contributed by atoms with Gasteiger partial charge in [-0.05, 0) is 50.3 Å². The van der Waals surface area contributed by atoms with Crippen molar-refractivity contribution in [1.82, 2.24) is 15.2 Å². The first-order chi connectivity index (χ1) is 8.77. The number of piperidine rings is 1. The van der Waals surface area contributed by atoms with Crippen molar-refractivity contribution in [3.05, 3.63) is 29.1 Å². The van der Waals surface area contributed by atoms with Crippen molar-refractivity contribution in [3.63, 3.8) is 0 Å². The van der Waals surface area contributed by atoms with Crippen LogP contribution in [0, 0.1) is 13.8 Å². The van der Waals surface area contributed by atoms with Gasteiger partial charge in [0.25, 0.3) is 0 Å². The predicted octanol–water partition coefficient (Wildman–Crippen LogP) is 2.20. The molecule has 3 nitrogen and oxygen atoms in total. The summed E-state index contributed by atoms with van der Waals surface area (Å²) < 4.78 is 0. The molecule has 2 aliphatic heterocycles. The fourth-order valence-corrected chi connectivity index (χ4v) is 3.52. The van der Waals surface area contributed by atoms with Gasteiger partial charge in [-0.2, -0.15) is 0 Å². The van der Waals surface area contributed by atoms with Gasteiger partial charge < -0.3 is 5.32 Å². The van der Waals surface area contributed by atoms with Gasteiger partial charge in [0.1, 0.15) is 0 Å². The summed E-state index contributed by atoms with van der Waals surface area (Å²) in [5.74, 6) is 0. The molecule has 3 heteroatoms. The predicted molar refractivity (Wildman–Crippen MR) is 73.7 cm³/mol. The van der Waals surface area contributed by atoms with Crippen molar-refractivity contribution in [2.45, 2.75) is 45.2 Å². The third-order valence-corrected chi connectivity index (χ3v) is 4.67. The SMILES string of the molecule is Cc1nccc([C@H]2CCC[C@H]3CNCCN32)c1C. The van der Waals surface area contributed by atoms with E-state index in [9.17, 15) is 0 Å². The number of fused-ring (bicyclic) bond motifs is 1. The summed E-state index contributed by atoms with van der Waals surface area (Å²) in [7, 11) is 0.